The minimum absolute atomic E-state index is 0.0245. The Bertz CT molecular complexity index is 479. The van der Waals surface area contributed by atoms with Crippen molar-refractivity contribution < 1.29 is 9.50 Å². The van der Waals surface area contributed by atoms with Crippen LogP contribution in [0.5, 0.6) is 0 Å². The molecule has 2 N–H and O–H groups in total. The quantitative estimate of drug-likeness (QED) is 0.874. The van der Waals surface area contributed by atoms with E-state index in [1.165, 1.54) is 50.9 Å². The first-order valence-electron chi connectivity index (χ1n) is 9.07. The molecule has 3 rings (SSSR count). The van der Waals surface area contributed by atoms with E-state index in [1.807, 2.05) is 6.92 Å². The lowest BCUT2D eigenvalue weighted by molar-refractivity contribution is 0.104. The van der Waals surface area contributed by atoms with Crippen molar-refractivity contribution in [2.45, 2.75) is 69.7 Å². The van der Waals surface area contributed by atoms with Gasteiger partial charge in [-0.1, -0.05) is 25.0 Å². The molecule has 4 heteroatoms. The summed E-state index contributed by atoms with van der Waals surface area (Å²) in [4.78, 5) is 2.66. The predicted molar refractivity (Wildman–Crippen MR) is 90.8 cm³/mol. The smallest absolute Gasteiger partial charge is 0.123 e. The van der Waals surface area contributed by atoms with Crippen LogP contribution in [0.4, 0.5) is 4.39 Å². The molecule has 0 spiro atoms. The van der Waals surface area contributed by atoms with Gasteiger partial charge in [0.05, 0.1) is 6.10 Å². The fourth-order valence-corrected chi connectivity index (χ4v) is 4.11. The van der Waals surface area contributed by atoms with Crippen LogP contribution in [0.15, 0.2) is 24.3 Å². The Morgan fingerprint density at radius 3 is 2.30 bits per heavy atom. The SMILES string of the molecule is CC(NC1CCN(C2CCCC2)CC1)C(O)c1ccc(F)cc1. The van der Waals surface area contributed by atoms with E-state index in [-0.39, 0.29) is 11.9 Å². The van der Waals surface area contributed by atoms with Crippen molar-refractivity contribution in [3.63, 3.8) is 0 Å². The highest BCUT2D eigenvalue weighted by molar-refractivity contribution is 5.19. The zero-order valence-electron chi connectivity index (χ0n) is 14.0. The summed E-state index contributed by atoms with van der Waals surface area (Å²) in [6.07, 6.45) is 7.24. The molecule has 1 aromatic rings. The lowest BCUT2D eigenvalue weighted by atomic mass is 9.98. The molecule has 0 bridgehead atoms. The molecule has 2 unspecified atom stereocenters. The van der Waals surface area contributed by atoms with Crippen LogP contribution in [0.2, 0.25) is 0 Å². The monoisotopic (exact) mass is 320 g/mol. The average molecular weight is 320 g/mol. The van der Waals surface area contributed by atoms with Gasteiger partial charge in [-0.3, -0.25) is 0 Å². The van der Waals surface area contributed by atoms with Crippen LogP contribution < -0.4 is 5.32 Å². The minimum Gasteiger partial charge on any atom is -0.387 e. The van der Waals surface area contributed by atoms with Crippen LogP contribution in [-0.2, 0) is 0 Å². The summed E-state index contributed by atoms with van der Waals surface area (Å²) >= 11 is 0. The second-order valence-corrected chi connectivity index (χ2v) is 7.20. The van der Waals surface area contributed by atoms with Crippen molar-refractivity contribution in [1.82, 2.24) is 10.2 Å². The molecule has 1 aromatic carbocycles. The largest absolute Gasteiger partial charge is 0.387 e. The molecule has 0 amide bonds. The number of halogens is 1. The zero-order valence-corrected chi connectivity index (χ0v) is 14.0. The van der Waals surface area contributed by atoms with Gasteiger partial charge >= 0.3 is 0 Å². The van der Waals surface area contributed by atoms with Gasteiger partial charge in [0, 0.05) is 18.1 Å². The third-order valence-corrected chi connectivity index (χ3v) is 5.55. The lowest BCUT2D eigenvalue weighted by Gasteiger charge is -2.37. The zero-order chi connectivity index (χ0) is 16.2. The number of aliphatic hydroxyl groups is 1. The van der Waals surface area contributed by atoms with Crippen molar-refractivity contribution in [2.75, 3.05) is 13.1 Å². The minimum atomic E-state index is -0.594. The Hall–Kier alpha value is -0.970. The molecular weight excluding hydrogens is 291 g/mol. The normalized spacial score (nSPS) is 24.0. The molecule has 1 saturated carbocycles. The number of aliphatic hydroxyl groups excluding tert-OH is 1. The molecule has 2 atom stereocenters. The molecule has 0 radical (unpaired) electrons. The Kier molecular flexibility index (Phi) is 5.67. The summed E-state index contributed by atoms with van der Waals surface area (Å²) < 4.78 is 13.0. The van der Waals surface area contributed by atoms with Crippen LogP contribution >= 0.6 is 0 Å². The highest BCUT2D eigenvalue weighted by atomic mass is 19.1. The predicted octanol–water partition coefficient (Wildman–Crippen LogP) is 3.24. The van der Waals surface area contributed by atoms with Crippen LogP contribution in [0.3, 0.4) is 0 Å². The first-order valence-corrected chi connectivity index (χ1v) is 9.07. The van der Waals surface area contributed by atoms with Gasteiger partial charge in [0.15, 0.2) is 0 Å². The average Bonchev–Trinajstić information content (AvgIpc) is 3.10. The summed E-state index contributed by atoms with van der Waals surface area (Å²) in [6, 6.07) is 7.41. The third kappa shape index (κ3) is 4.31. The van der Waals surface area contributed by atoms with Crippen LogP contribution in [0, 0.1) is 5.82 Å². The van der Waals surface area contributed by atoms with Crippen molar-refractivity contribution in [3.8, 4) is 0 Å². The van der Waals surface area contributed by atoms with E-state index < -0.39 is 6.10 Å². The van der Waals surface area contributed by atoms with E-state index in [4.69, 9.17) is 0 Å². The molecule has 1 aliphatic heterocycles. The van der Waals surface area contributed by atoms with Gasteiger partial charge in [0.25, 0.3) is 0 Å². The standard InChI is InChI=1S/C19H29FN2O/c1-14(19(23)15-6-8-16(20)9-7-15)21-17-10-12-22(13-11-17)18-4-2-3-5-18/h6-9,14,17-19,21,23H,2-5,10-13H2,1H3. The van der Waals surface area contributed by atoms with Gasteiger partial charge in [-0.05, 0) is 63.4 Å². The highest BCUT2D eigenvalue weighted by Gasteiger charge is 2.28. The maximum atomic E-state index is 13.0. The van der Waals surface area contributed by atoms with Gasteiger partial charge in [0.1, 0.15) is 5.82 Å². The molecule has 3 nitrogen and oxygen atoms in total. The van der Waals surface area contributed by atoms with E-state index in [2.05, 4.69) is 10.2 Å². The summed E-state index contributed by atoms with van der Waals surface area (Å²) in [5.74, 6) is -0.263. The molecule has 2 fully saturated rings. The second kappa shape index (κ2) is 7.73. The van der Waals surface area contributed by atoms with Crippen molar-refractivity contribution in [3.05, 3.63) is 35.6 Å². The molecule has 128 valence electrons. The number of hydrogen-bond acceptors (Lipinski definition) is 3. The number of piperidine rings is 1. The molecule has 1 saturated heterocycles. The maximum Gasteiger partial charge on any atom is 0.123 e. The summed E-state index contributed by atoms with van der Waals surface area (Å²) in [5.41, 5.74) is 0.773. The van der Waals surface area contributed by atoms with Crippen molar-refractivity contribution in [2.24, 2.45) is 0 Å². The summed E-state index contributed by atoms with van der Waals surface area (Å²) in [6.45, 7) is 4.35. The molecular formula is C19H29FN2O. The van der Waals surface area contributed by atoms with Crippen molar-refractivity contribution in [1.29, 1.82) is 0 Å². The number of nitrogens with zero attached hydrogens (tertiary/aromatic N) is 1. The number of nitrogens with one attached hydrogen (secondary N) is 1. The highest BCUT2D eigenvalue weighted by Crippen LogP contribution is 2.26. The Labute approximate surface area is 138 Å². The number of rotatable bonds is 5. The molecule has 1 heterocycles. The van der Waals surface area contributed by atoms with Crippen LogP contribution in [0.25, 0.3) is 0 Å². The van der Waals surface area contributed by atoms with E-state index in [9.17, 15) is 9.50 Å². The fourth-order valence-electron chi connectivity index (χ4n) is 4.11. The van der Waals surface area contributed by atoms with Gasteiger partial charge in [0.2, 0.25) is 0 Å². The fraction of sp³-hybridized carbons (Fsp3) is 0.684. The Morgan fingerprint density at radius 2 is 1.70 bits per heavy atom. The van der Waals surface area contributed by atoms with E-state index in [0.29, 0.717) is 6.04 Å². The third-order valence-electron chi connectivity index (χ3n) is 5.55. The van der Waals surface area contributed by atoms with Crippen LogP contribution in [-0.4, -0.2) is 41.2 Å². The number of likely N-dealkylation sites (tertiary alicyclic amines) is 1. The second-order valence-electron chi connectivity index (χ2n) is 7.20. The van der Waals surface area contributed by atoms with Gasteiger partial charge in [-0.2, -0.15) is 0 Å². The van der Waals surface area contributed by atoms with Crippen LogP contribution in [0.1, 0.15) is 57.1 Å². The van der Waals surface area contributed by atoms with Gasteiger partial charge in [-0.15, -0.1) is 0 Å². The maximum absolute atomic E-state index is 13.0. The molecule has 23 heavy (non-hydrogen) atoms. The molecule has 1 aliphatic carbocycles. The summed E-state index contributed by atoms with van der Waals surface area (Å²) in [5, 5.41) is 14.0. The Morgan fingerprint density at radius 1 is 1.09 bits per heavy atom. The summed E-state index contributed by atoms with van der Waals surface area (Å²) in [7, 11) is 0. The Balaban J connectivity index is 1.46. The van der Waals surface area contributed by atoms with E-state index >= 15 is 0 Å². The number of hydrogen-bond donors (Lipinski definition) is 2. The van der Waals surface area contributed by atoms with E-state index in [0.717, 1.165) is 24.4 Å². The van der Waals surface area contributed by atoms with Gasteiger partial charge in [-0.25, -0.2) is 4.39 Å². The molecule has 0 aromatic heterocycles. The molecule has 2 aliphatic rings. The van der Waals surface area contributed by atoms with E-state index in [1.54, 1.807) is 12.1 Å². The lowest BCUT2D eigenvalue weighted by Crippen LogP contribution is -2.49. The first kappa shape index (κ1) is 16.9. The topological polar surface area (TPSA) is 35.5 Å². The first-order chi connectivity index (χ1) is 11.1. The van der Waals surface area contributed by atoms with Gasteiger partial charge < -0.3 is 15.3 Å². The van der Waals surface area contributed by atoms with Crippen molar-refractivity contribution >= 4 is 0 Å². The number of benzene rings is 1.